The minimum Gasteiger partial charge on any atom is -0.295 e. The first kappa shape index (κ1) is 17.6. The second-order valence-electron chi connectivity index (χ2n) is 4.17. The fraction of sp³-hybridized carbons (Fsp3) is 0.0714. The minimum absolute atomic E-state index is 0.293. The molecular weight excluding hydrogens is 386 g/mol. The third-order valence-electron chi connectivity index (χ3n) is 2.73. The average Bonchev–Trinajstić information content (AvgIpc) is 2.46. The van der Waals surface area contributed by atoms with Crippen LogP contribution in [-0.4, -0.2) is 12.2 Å². The predicted octanol–water partition coefficient (Wildman–Crippen LogP) is 5.78. The van der Waals surface area contributed by atoms with E-state index in [1.807, 2.05) is 12.3 Å². The molecule has 1 amide bonds. The Morgan fingerprint density at radius 2 is 1.64 bits per heavy atom. The Balaban J connectivity index is 2.17. The maximum absolute atomic E-state index is 12.2. The zero-order valence-electron chi connectivity index (χ0n) is 11.2. The lowest BCUT2D eigenvalue weighted by atomic mass is 10.2. The highest BCUT2D eigenvalue weighted by molar-refractivity contribution is 7.98. The SMILES string of the molecule is CSc1ccc(Cl)c(C(=O)NNc2c(Cl)cc(Cl)cc2Cl)c1. The van der Waals surface area contributed by atoms with Gasteiger partial charge in [0.2, 0.25) is 0 Å². The van der Waals surface area contributed by atoms with Crippen molar-refractivity contribution >= 4 is 69.8 Å². The first-order chi connectivity index (χ1) is 10.4. The van der Waals surface area contributed by atoms with Gasteiger partial charge in [-0.1, -0.05) is 46.4 Å². The fourth-order valence-electron chi connectivity index (χ4n) is 1.65. The number of amides is 1. The number of carbonyl (C=O) groups excluding carboxylic acids is 1. The Morgan fingerprint density at radius 3 is 2.23 bits per heavy atom. The van der Waals surface area contributed by atoms with Crippen LogP contribution in [-0.2, 0) is 0 Å². The van der Waals surface area contributed by atoms with Crippen LogP contribution < -0.4 is 10.9 Å². The fourth-order valence-corrected chi connectivity index (χ4v) is 3.21. The van der Waals surface area contributed by atoms with Crippen LogP contribution in [0.3, 0.4) is 0 Å². The van der Waals surface area contributed by atoms with E-state index in [1.54, 1.807) is 12.1 Å². The number of rotatable bonds is 4. The Kier molecular flexibility index (Phi) is 6.12. The van der Waals surface area contributed by atoms with Gasteiger partial charge in [0, 0.05) is 9.92 Å². The molecule has 0 unspecified atom stereocenters. The molecule has 0 aliphatic heterocycles. The molecule has 22 heavy (non-hydrogen) atoms. The number of halogens is 4. The predicted molar refractivity (Wildman–Crippen MR) is 95.8 cm³/mol. The van der Waals surface area contributed by atoms with Crippen molar-refractivity contribution in [3.63, 3.8) is 0 Å². The molecule has 0 fully saturated rings. The molecule has 0 atom stereocenters. The number of benzene rings is 2. The van der Waals surface area contributed by atoms with E-state index in [4.69, 9.17) is 46.4 Å². The van der Waals surface area contributed by atoms with Gasteiger partial charge in [0.1, 0.15) is 0 Å². The summed E-state index contributed by atoms with van der Waals surface area (Å²) in [6.07, 6.45) is 1.91. The van der Waals surface area contributed by atoms with Crippen molar-refractivity contribution in [2.75, 3.05) is 11.7 Å². The molecule has 8 heteroatoms. The van der Waals surface area contributed by atoms with Crippen LogP contribution in [0.5, 0.6) is 0 Å². The summed E-state index contributed by atoms with van der Waals surface area (Å²) in [5.74, 6) is -0.400. The number of hydrazine groups is 1. The lowest BCUT2D eigenvalue weighted by Gasteiger charge is -2.13. The lowest BCUT2D eigenvalue weighted by molar-refractivity contribution is 0.0962. The summed E-state index contributed by atoms with van der Waals surface area (Å²) in [5, 5.41) is 1.34. The smallest absolute Gasteiger partial charge is 0.271 e. The molecule has 116 valence electrons. The summed E-state index contributed by atoms with van der Waals surface area (Å²) in [5.41, 5.74) is 5.91. The van der Waals surface area contributed by atoms with Crippen molar-refractivity contribution in [2.45, 2.75) is 4.90 Å². The molecule has 0 radical (unpaired) electrons. The minimum atomic E-state index is -0.400. The molecule has 0 heterocycles. The first-order valence-electron chi connectivity index (χ1n) is 5.97. The van der Waals surface area contributed by atoms with E-state index in [2.05, 4.69) is 10.9 Å². The topological polar surface area (TPSA) is 41.1 Å². The number of thioether (sulfide) groups is 1. The molecule has 2 aromatic carbocycles. The summed E-state index contributed by atoms with van der Waals surface area (Å²) in [7, 11) is 0. The van der Waals surface area contributed by atoms with Gasteiger partial charge in [0.05, 0.1) is 26.3 Å². The van der Waals surface area contributed by atoms with Crippen LogP contribution in [0.15, 0.2) is 35.2 Å². The van der Waals surface area contributed by atoms with Crippen molar-refractivity contribution in [3.05, 3.63) is 56.0 Å². The molecular formula is C14H10Cl4N2OS. The Morgan fingerprint density at radius 1 is 1.00 bits per heavy atom. The molecule has 0 aliphatic carbocycles. The lowest BCUT2D eigenvalue weighted by Crippen LogP contribution is -2.29. The summed E-state index contributed by atoms with van der Waals surface area (Å²) < 4.78 is 0. The number of carbonyl (C=O) groups is 1. The van der Waals surface area contributed by atoms with E-state index < -0.39 is 5.91 Å². The van der Waals surface area contributed by atoms with Gasteiger partial charge < -0.3 is 0 Å². The maximum atomic E-state index is 12.2. The molecule has 2 aromatic rings. The van der Waals surface area contributed by atoms with E-state index in [1.165, 1.54) is 23.9 Å². The van der Waals surface area contributed by atoms with Gasteiger partial charge in [0.25, 0.3) is 5.91 Å². The van der Waals surface area contributed by atoms with Gasteiger partial charge in [-0.25, -0.2) is 0 Å². The van der Waals surface area contributed by atoms with Gasteiger partial charge in [0.15, 0.2) is 0 Å². The third kappa shape index (κ3) is 4.15. The largest absolute Gasteiger partial charge is 0.295 e. The quantitative estimate of drug-likeness (QED) is 0.509. The van der Waals surface area contributed by atoms with Crippen LogP contribution in [0, 0.1) is 0 Å². The van der Waals surface area contributed by atoms with Crippen LogP contribution in [0.1, 0.15) is 10.4 Å². The van der Waals surface area contributed by atoms with Gasteiger partial charge >= 0.3 is 0 Å². The van der Waals surface area contributed by atoms with Crippen molar-refractivity contribution in [2.24, 2.45) is 0 Å². The van der Waals surface area contributed by atoms with Crippen molar-refractivity contribution in [1.29, 1.82) is 0 Å². The van der Waals surface area contributed by atoms with E-state index in [-0.39, 0.29) is 0 Å². The Labute approximate surface area is 152 Å². The summed E-state index contributed by atoms with van der Waals surface area (Å²) in [6.45, 7) is 0. The second kappa shape index (κ2) is 7.66. The van der Waals surface area contributed by atoms with E-state index in [9.17, 15) is 4.79 Å². The third-order valence-corrected chi connectivity index (χ3v) is 4.60. The standard InChI is InChI=1S/C14H10Cl4N2OS/c1-22-8-2-3-10(16)9(6-8)14(21)20-19-13-11(17)4-7(15)5-12(13)18/h2-6,19H,1H3,(H,20,21). The van der Waals surface area contributed by atoms with Crippen molar-refractivity contribution < 1.29 is 4.79 Å². The zero-order chi connectivity index (χ0) is 16.3. The second-order valence-corrected chi connectivity index (χ2v) is 6.71. The molecule has 2 N–H and O–H groups in total. The van der Waals surface area contributed by atoms with Gasteiger partial charge in [-0.3, -0.25) is 15.6 Å². The molecule has 0 saturated heterocycles. The molecule has 2 rings (SSSR count). The van der Waals surface area contributed by atoms with Crippen molar-refractivity contribution in [3.8, 4) is 0 Å². The van der Waals surface area contributed by atoms with E-state index in [0.29, 0.717) is 31.3 Å². The van der Waals surface area contributed by atoms with E-state index >= 15 is 0 Å². The molecule has 3 nitrogen and oxygen atoms in total. The summed E-state index contributed by atoms with van der Waals surface area (Å²) in [6, 6.07) is 8.25. The monoisotopic (exact) mass is 394 g/mol. The van der Waals surface area contributed by atoms with Crippen LogP contribution in [0.25, 0.3) is 0 Å². The number of hydrogen-bond donors (Lipinski definition) is 2. The molecule has 0 spiro atoms. The average molecular weight is 396 g/mol. The summed E-state index contributed by atoms with van der Waals surface area (Å²) >= 11 is 25.5. The highest BCUT2D eigenvalue weighted by Crippen LogP contribution is 2.33. The molecule has 0 bridgehead atoms. The number of anilines is 1. The summed E-state index contributed by atoms with van der Waals surface area (Å²) in [4.78, 5) is 13.1. The molecule has 0 saturated carbocycles. The Hall–Kier alpha value is -0.780. The van der Waals surface area contributed by atoms with Gasteiger partial charge in [-0.15, -0.1) is 11.8 Å². The normalized spacial score (nSPS) is 10.4. The number of nitrogens with one attached hydrogen (secondary N) is 2. The van der Waals surface area contributed by atoms with Crippen molar-refractivity contribution in [1.82, 2.24) is 5.43 Å². The van der Waals surface area contributed by atoms with E-state index in [0.717, 1.165) is 4.90 Å². The Bertz CT molecular complexity index is 701. The zero-order valence-corrected chi connectivity index (χ0v) is 15.1. The molecule has 0 aromatic heterocycles. The van der Waals surface area contributed by atoms with Crippen LogP contribution >= 0.6 is 58.2 Å². The number of hydrogen-bond acceptors (Lipinski definition) is 3. The highest BCUT2D eigenvalue weighted by atomic mass is 35.5. The molecule has 0 aliphatic rings. The van der Waals surface area contributed by atoms with Gasteiger partial charge in [-0.05, 0) is 36.6 Å². The van der Waals surface area contributed by atoms with Crippen LogP contribution in [0.4, 0.5) is 5.69 Å². The maximum Gasteiger partial charge on any atom is 0.271 e. The van der Waals surface area contributed by atoms with Gasteiger partial charge in [-0.2, -0.15) is 0 Å². The van der Waals surface area contributed by atoms with Crippen LogP contribution in [0.2, 0.25) is 20.1 Å². The highest BCUT2D eigenvalue weighted by Gasteiger charge is 2.13. The first-order valence-corrected chi connectivity index (χ1v) is 8.70.